The van der Waals surface area contributed by atoms with Gasteiger partial charge in [0, 0.05) is 44.0 Å². The Bertz CT molecular complexity index is 748. The molecule has 3 rings (SSSR count). The van der Waals surface area contributed by atoms with Gasteiger partial charge in [-0.3, -0.25) is 9.59 Å². The van der Waals surface area contributed by atoms with Gasteiger partial charge in [0.25, 0.3) is 0 Å². The van der Waals surface area contributed by atoms with Crippen LogP contribution in [0.1, 0.15) is 36.0 Å². The molecule has 0 unspecified atom stereocenters. The third kappa shape index (κ3) is 6.60. The Labute approximate surface area is 178 Å². The zero-order valence-electron chi connectivity index (χ0n) is 17.1. The maximum absolute atomic E-state index is 12.6. The van der Waals surface area contributed by atoms with Crippen LogP contribution in [0.25, 0.3) is 0 Å². The minimum atomic E-state index is 0.161. The molecule has 1 fully saturated rings. The Hall–Kier alpha value is -2.33. The first-order chi connectivity index (χ1) is 14.0. The Morgan fingerprint density at radius 3 is 1.69 bits per heavy atom. The first kappa shape index (κ1) is 21.4. The van der Waals surface area contributed by atoms with E-state index in [1.54, 1.807) is 0 Å². The van der Waals surface area contributed by atoms with Crippen LogP contribution < -0.4 is 0 Å². The van der Waals surface area contributed by atoms with E-state index in [1.165, 1.54) is 11.1 Å². The molecule has 0 aromatic heterocycles. The Morgan fingerprint density at radius 1 is 0.759 bits per heavy atom. The molecule has 2 aromatic rings. The van der Waals surface area contributed by atoms with Crippen molar-refractivity contribution in [3.8, 4) is 0 Å². The van der Waals surface area contributed by atoms with Crippen molar-refractivity contribution in [3.05, 3.63) is 70.2 Å². The number of rotatable bonds is 6. The molecule has 154 valence electrons. The van der Waals surface area contributed by atoms with Gasteiger partial charge in [0.15, 0.2) is 0 Å². The Morgan fingerprint density at radius 2 is 1.21 bits per heavy atom. The van der Waals surface area contributed by atoms with E-state index in [0.717, 1.165) is 31.5 Å². The lowest BCUT2D eigenvalue weighted by atomic mass is 10.1. The molecule has 2 aromatic carbocycles. The Kier molecular flexibility index (Phi) is 7.70. The molecule has 0 saturated carbocycles. The van der Waals surface area contributed by atoms with E-state index in [9.17, 15) is 9.59 Å². The molecule has 5 heteroatoms. The number of hydrogen-bond acceptors (Lipinski definition) is 2. The molecule has 1 aliphatic rings. The molecule has 0 bridgehead atoms. The fourth-order valence-electron chi connectivity index (χ4n) is 3.64. The van der Waals surface area contributed by atoms with Gasteiger partial charge in [0.05, 0.1) is 0 Å². The zero-order chi connectivity index (χ0) is 20.6. The summed E-state index contributed by atoms with van der Waals surface area (Å²) >= 11 is 5.91. The second-order valence-electron chi connectivity index (χ2n) is 7.73. The number of hydrogen-bond donors (Lipinski definition) is 0. The van der Waals surface area contributed by atoms with Crippen LogP contribution in [0.4, 0.5) is 0 Å². The highest BCUT2D eigenvalue weighted by Gasteiger charge is 2.21. The highest BCUT2D eigenvalue weighted by molar-refractivity contribution is 6.30. The van der Waals surface area contributed by atoms with Gasteiger partial charge < -0.3 is 9.80 Å². The molecular formula is C24H29ClN2O2. The zero-order valence-corrected chi connectivity index (χ0v) is 17.8. The van der Waals surface area contributed by atoms with Crippen LogP contribution in [0.15, 0.2) is 48.5 Å². The fraction of sp³-hybridized carbons (Fsp3) is 0.417. The van der Waals surface area contributed by atoms with E-state index >= 15 is 0 Å². The van der Waals surface area contributed by atoms with Gasteiger partial charge >= 0.3 is 0 Å². The molecule has 0 N–H and O–H groups in total. The summed E-state index contributed by atoms with van der Waals surface area (Å²) in [7, 11) is 0. The highest BCUT2D eigenvalue weighted by atomic mass is 35.5. The lowest BCUT2D eigenvalue weighted by molar-refractivity contribution is -0.133. The third-order valence-electron chi connectivity index (χ3n) is 5.49. The molecule has 1 saturated heterocycles. The van der Waals surface area contributed by atoms with Crippen molar-refractivity contribution in [1.29, 1.82) is 0 Å². The van der Waals surface area contributed by atoms with Gasteiger partial charge in [-0.15, -0.1) is 0 Å². The molecule has 0 spiro atoms. The van der Waals surface area contributed by atoms with Crippen molar-refractivity contribution >= 4 is 23.4 Å². The summed E-state index contributed by atoms with van der Waals surface area (Å²) in [5, 5.41) is 0.708. The van der Waals surface area contributed by atoms with Crippen LogP contribution in [0.5, 0.6) is 0 Å². The summed E-state index contributed by atoms with van der Waals surface area (Å²) in [4.78, 5) is 29.0. The number of halogens is 1. The lowest BCUT2D eigenvalue weighted by Crippen LogP contribution is -2.37. The maximum atomic E-state index is 12.6. The number of benzene rings is 2. The smallest absolute Gasteiger partial charge is 0.222 e. The molecule has 4 nitrogen and oxygen atoms in total. The summed E-state index contributed by atoms with van der Waals surface area (Å²) in [5.41, 5.74) is 3.54. The third-order valence-corrected chi connectivity index (χ3v) is 5.74. The van der Waals surface area contributed by atoms with Crippen LogP contribution >= 0.6 is 11.6 Å². The van der Waals surface area contributed by atoms with Gasteiger partial charge in [-0.1, -0.05) is 53.6 Å². The van der Waals surface area contributed by atoms with Crippen molar-refractivity contribution in [2.45, 2.75) is 39.0 Å². The van der Waals surface area contributed by atoms with E-state index in [-0.39, 0.29) is 11.8 Å². The fourth-order valence-corrected chi connectivity index (χ4v) is 3.77. The number of carbonyl (C=O) groups excluding carboxylic acids is 2. The number of aryl methyl sites for hydroxylation is 3. The van der Waals surface area contributed by atoms with Crippen molar-refractivity contribution in [3.63, 3.8) is 0 Å². The minimum Gasteiger partial charge on any atom is -0.341 e. The molecule has 2 amide bonds. The highest BCUT2D eigenvalue weighted by Crippen LogP contribution is 2.13. The monoisotopic (exact) mass is 412 g/mol. The Balaban J connectivity index is 1.43. The molecular weight excluding hydrogens is 384 g/mol. The van der Waals surface area contributed by atoms with Crippen LogP contribution in [0, 0.1) is 6.92 Å². The van der Waals surface area contributed by atoms with Gasteiger partial charge in [-0.05, 0) is 49.4 Å². The van der Waals surface area contributed by atoms with E-state index in [4.69, 9.17) is 11.6 Å². The predicted molar refractivity (Wildman–Crippen MR) is 117 cm³/mol. The summed E-state index contributed by atoms with van der Waals surface area (Å²) in [6, 6.07) is 16.0. The topological polar surface area (TPSA) is 40.6 Å². The number of amides is 2. The summed E-state index contributed by atoms with van der Waals surface area (Å²) < 4.78 is 0. The van der Waals surface area contributed by atoms with Crippen molar-refractivity contribution in [1.82, 2.24) is 9.80 Å². The maximum Gasteiger partial charge on any atom is 0.222 e. The summed E-state index contributed by atoms with van der Waals surface area (Å²) in [5.74, 6) is 0.343. The first-order valence-corrected chi connectivity index (χ1v) is 10.7. The molecule has 0 radical (unpaired) electrons. The van der Waals surface area contributed by atoms with E-state index < -0.39 is 0 Å². The van der Waals surface area contributed by atoms with E-state index in [0.29, 0.717) is 37.4 Å². The second-order valence-corrected chi connectivity index (χ2v) is 8.16. The minimum absolute atomic E-state index is 0.161. The first-order valence-electron chi connectivity index (χ1n) is 10.4. The normalized spacial score (nSPS) is 14.6. The van der Waals surface area contributed by atoms with Gasteiger partial charge in [0.1, 0.15) is 0 Å². The van der Waals surface area contributed by atoms with E-state index in [2.05, 4.69) is 31.2 Å². The van der Waals surface area contributed by atoms with Gasteiger partial charge in [-0.25, -0.2) is 0 Å². The summed E-state index contributed by atoms with van der Waals surface area (Å²) in [6.45, 7) is 4.76. The molecule has 29 heavy (non-hydrogen) atoms. The average Bonchev–Trinajstić information content (AvgIpc) is 2.99. The quantitative estimate of drug-likeness (QED) is 0.710. The molecule has 0 atom stereocenters. The van der Waals surface area contributed by atoms with Crippen LogP contribution in [0.3, 0.4) is 0 Å². The number of nitrogens with zero attached hydrogens (tertiary/aromatic N) is 2. The van der Waals surface area contributed by atoms with Crippen molar-refractivity contribution in [2.24, 2.45) is 0 Å². The number of carbonyl (C=O) groups is 2. The largest absolute Gasteiger partial charge is 0.341 e. The average molecular weight is 413 g/mol. The second kappa shape index (κ2) is 10.4. The molecule has 1 heterocycles. The van der Waals surface area contributed by atoms with Gasteiger partial charge in [-0.2, -0.15) is 0 Å². The summed E-state index contributed by atoms with van der Waals surface area (Å²) in [6.07, 6.45) is 3.32. The van der Waals surface area contributed by atoms with Crippen LogP contribution in [-0.2, 0) is 22.4 Å². The predicted octanol–water partition coefficient (Wildman–Crippen LogP) is 4.27. The lowest BCUT2D eigenvalue weighted by Gasteiger charge is -2.22. The van der Waals surface area contributed by atoms with Crippen molar-refractivity contribution < 1.29 is 9.59 Å². The van der Waals surface area contributed by atoms with Crippen LogP contribution in [0.2, 0.25) is 5.02 Å². The molecule has 0 aliphatic carbocycles. The van der Waals surface area contributed by atoms with Crippen LogP contribution in [-0.4, -0.2) is 47.8 Å². The SMILES string of the molecule is Cc1ccc(CCC(=O)N2CCCN(C(=O)CCc3ccc(Cl)cc3)CC2)cc1. The van der Waals surface area contributed by atoms with E-state index in [1.807, 2.05) is 34.1 Å². The standard InChI is InChI=1S/C24H29ClN2O2/c1-19-3-5-20(6-4-19)9-13-23(28)26-15-2-16-27(18-17-26)24(29)14-10-21-7-11-22(25)12-8-21/h3-8,11-12H,2,9-10,13-18H2,1H3. The van der Waals surface area contributed by atoms with Gasteiger partial charge in [0.2, 0.25) is 11.8 Å². The molecule has 1 aliphatic heterocycles. The van der Waals surface area contributed by atoms with Crippen molar-refractivity contribution in [2.75, 3.05) is 26.2 Å².